The lowest BCUT2D eigenvalue weighted by Gasteiger charge is -2.34. The van der Waals surface area contributed by atoms with Crippen LogP contribution < -0.4 is 0 Å². The first kappa shape index (κ1) is 14.9. The van der Waals surface area contributed by atoms with Crippen LogP contribution >= 0.6 is 15.9 Å². The number of aromatic nitrogens is 2. The van der Waals surface area contributed by atoms with E-state index in [0.29, 0.717) is 5.92 Å². The van der Waals surface area contributed by atoms with Crippen LogP contribution in [0, 0.1) is 0 Å². The first-order valence-corrected chi connectivity index (χ1v) is 8.22. The van der Waals surface area contributed by atoms with Gasteiger partial charge in [-0.15, -0.1) is 0 Å². The van der Waals surface area contributed by atoms with Crippen LogP contribution in [-0.4, -0.2) is 17.1 Å². The predicted molar refractivity (Wildman–Crippen MR) is 80.5 cm³/mol. The fourth-order valence-electron chi connectivity index (χ4n) is 2.88. The van der Waals surface area contributed by atoms with Crippen molar-refractivity contribution < 1.29 is 4.74 Å². The van der Waals surface area contributed by atoms with E-state index in [-0.39, 0.29) is 5.60 Å². The fourth-order valence-corrected chi connectivity index (χ4v) is 3.32. The maximum atomic E-state index is 5.84. The molecule has 2 rings (SSSR count). The lowest BCUT2D eigenvalue weighted by molar-refractivity contribution is -0.0517. The van der Waals surface area contributed by atoms with Gasteiger partial charge in [0.05, 0.1) is 5.69 Å². The van der Waals surface area contributed by atoms with Crippen LogP contribution in [0.2, 0.25) is 0 Å². The summed E-state index contributed by atoms with van der Waals surface area (Å²) in [4.78, 5) is 9.44. The zero-order chi connectivity index (χ0) is 13.9. The van der Waals surface area contributed by atoms with Crippen LogP contribution in [0.15, 0.2) is 6.20 Å². The van der Waals surface area contributed by atoms with Crippen molar-refractivity contribution in [3.8, 4) is 0 Å². The van der Waals surface area contributed by atoms with Gasteiger partial charge < -0.3 is 4.74 Å². The highest BCUT2D eigenvalue weighted by molar-refractivity contribution is 9.08. The Morgan fingerprint density at radius 2 is 2.00 bits per heavy atom. The van der Waals surface area contributed by atoms with Gasteiger partial charge in [0, 0.05) is 24.2 Å². The molecule has 4 heteroatoms. The van der Waals surface area contributed by atoms with Crippen molar-refractivity contribution in [2.24, 2.45) is 0 Å². The van der Waals surface area contributed by atoms with Crippen molar-refractivity contribution in [1.82, 2.24) is 9.97 Å². The normalized spacial score (nSPS) is 18.8. The van der Waals surface area contributed by atoms with E-state index < -0.39 is 0 Å². The second kappa shape index (κ2) is 6.31. The monoisotopic (exact) mass is 326 g/mol. The third-order valence-electron chi connectivity index (χ3n) is 4.05. The number of hydrogen-bond donors (Lipinski definition) is 0. The molecule has 1 fully saturated rings. The zero-order valence-electron chi connectivity index (χ0n) is 12.1. The molecule has 1 aliphatic rings. The molecule has 0 atom stereocenters. The van der Waals surface area contributed by atoms with Gasteiger partial charge in [0.2, 0.25) is 0 Å². The summed E-state index contributed by atoms with van der Waals surface area (Å²) in [6, 6.07) is 0. The minimum absolute atomic E-state index is 0.257. The van der Waals surface area contributed by atoms with E-state index in [1.807, 2.05) is 6.20 Å². The molecule has 1 aromatic rings. The van der Waals surface area contributed by atoms with E-state index >= 15 is 0 Å². The predicted octanol–water partition coefficient (Wildman–Crippen LogP) is 4.30. The summed E-state index contributed by atoms with van der Waals surface area (Å²) in [5.74, 6) is 1.29. The Morgan fingerprint density at radius 3 is 2.53 bits per heavy atom. The average Bonchev–Trinajstić information content (AvgIpc) is 2.47. The summed E-state index contributed by atoms with van der Waals surface area (Å²) in [6.45, 7) is 4.36. The van der Waals surface area contributed by atoms with E-state index in [1.165, 1.54) is 24.8 Å². The van der Waals surface area contributed by atoms with E-state index in [9.17, 15) is 0 Å². The van der Waals surface area contributed by atoms with E-state index in [1.54, 1.807) is 7.11 Å². The minimum Gasteiger partial charge on any atom is -0.370 e. The van der Waals surface area contributed by atoms with Crippen molar-refractivity contribution in [2.45, 2.75) is 62.8 Å². The first-order valence-electron chi connectivity index (χ1n) is 7.10. The summed E-state index contributed by atoms with van der Waals surface area (Å²) < 4.78 is 5.84. The highest BCUT2D eigenvalue weighted by Gasteiger charge is 2.37. The molecule has 0 amide bonds. The van der Waals surface area contributed by atoms with Crippen LogP contribution in [0.25, 0.3) is 0 Å². The summed E-state index contributed by atoms with van der Waals surface area (Å²) in [5.41, 5.74) is 2.07. The molecule has 19 heavy (non-hydrogen) atoms. The van der Waals surface area contributed by atoms with Gasteiger partial charge in [-0.05, 0) is 18.8 Å². The number of ether oxygens (including phenoxy) is 1. The number of nitrogens with zero attached hydrogens (tertiary/aromatic N) is 2. The van der Waals surface area contributed by atoms with Crippen molar-refractivity contribution in [1.29, 1.82) is 0 Å². The molecule has 106 valence electrons. The second-order valence-electron chi connectivity index (χ2n) is 5.65. The lowest BCUT2D eigenvalue weighted by Crippen LogP contribution is -2.33. The highest BCUT2D eigenvalue weighted by atomic mass is 79.9. The fraction of sp³-hybridized carbons (Fsp3) is 0.733. The van der Waals surface area contributed by atoms with E-state index in [4.69, 9.17) is 9.72 Å². The SMILES string of the molecule is COC1(c2ncc(CBr)c(C(C)C)n2)CCCCC1. The highest BCUT2D eigenvalue weighted by Crippen LogP contribution is 2.38. The quantitative estimate of drug-likeness (QED) is 0.773. The molecule has 1 aliphatic carbocycles. The Bertz CT molecular complexity index is 428. The molecular weight excluding hydrogens is 304 g/mol. The zero-order valence-corrected chi connectivity index (χ0v) is 13.7. The van der Waals surface area contributed by atoms with Crippen molar-refractivity contribution in [3.63, 3.8) is 0 Å². The molecule has 1 saturated carbocycles. The molecule has 0 saturated heterocycles. The van der Waals surface area contributed by atoms with Gasteiger partial charge in [0.25, 0.3) is 0 Å². The second-order valence-corrected chi connectivity index (χ2v) is 6.21. The summed E-state index contributed by atoms with van der Waals surface area (Å²) in [5, 5.41) is 0.806. The Labute approximate surface area is 124 Å². The molecule has 0 N–H and O–H groups in total. The summed E-state index contributed by atoms with van der Waals surface area (Å²) >= 11 is 3.52. The van der Waals surface area contributed by atoms with Gasteiger partial charge in [0.15, 0.2) is 5.82 Å². The van der Waals surface area contributed by atoms with Crippen LogP contribution in [-0.2, 0) is 15.7 Å². The van der Waals surface area contributed by atoms with Gasteiger partial charge in [-0.25, -0.2) is 9.97 Å². The Balaban J connectivity index is 2.40. The Hall–Kier alpha value is -0.480. The van der Waals surface area contributed by atoms with Crippen LogP contribution in [0.4, 0.5) is 0 Å². The van der Waals surface area contributed by atoms with Crippen LogP contribution in [0.3, 0.4) is 0 Å². The average molecular weight is 327 g/mol. The van der Waals surface area contributed by atoms with Crippen molar-refractivity contribution in [3.05, 3.63) is 23.3 Å². The van der Waals surface area contributed by atoms with E-state index in [0.717, 1.165) is 29.7 Å². The maximum absolute atomic E-state index is 5.84. The van der Waals surface area contributed by atoms with Gasteiger partial charge >= 0.3 is 0 Å². The molecule has 1 heterocycles. The molecular formula is C15H23BrN2O. The first-order chi connectivity index (χ1) is 9.13. The molecule has 0 unspecified atom stereocenters. The number of hydrogen-bond acceptors (Lipinski definition) is 3. The minimum atomic E-state index is -0.257. The molecule has 0 radical (unpaired) electrons. The molecule has 0 bridgehead atoms. The largest absolute Gasteiger partial charge is 0.370 e. The molecule has 1 aromatic heterocycles. The van der Waals surface area contributed by atoms with Gasteiger partial charge in [-0.1, -0.05) is 49.0 Å². The van der Waals surface area contributed by atoms with Crippen LogP contribution in [0.5, 0.6) is 0 Å². The standard InChI is InChI=1S/C15H23BrN2O/c1-11(2)13-12(9-16)10-17-14(18-13)15(19-3)7-5-4-6-8-15/h10-11H,4-9H2,1-3H3. The van der Waals surface area contributed by atoms with Crippen LogP contribution in [0.1, 0.15) is 69.0 Å². The maximum Gasteiger partial charge on any atom is 0.160 e. The van der Waals surface area contributed by atoms with Gasteiger partial charge in [-0.3, -0.25) is 0 Å². The topological polar surface area (TPSA) is 35.0 Å². The number of methoxy groups -OCH3 is 1. The van der Waals surface area contributed by atoms with E-state index in [2.05, 4.69) is 34.8 Å². The number of alkyl halides is 1. The van der Waals surface area contributed by atoms with Gasteiger partial charge in [-0.2, -0.15) is 0 Å². The molecule has 0 spiro atoms. The Morgan fingerprint density at radius 1 is 1.32 bits per heavy atom. The molecule has 0 aliphatic heterocycles. The molecule has 0 aromatic carbocycles. The number of rotatable bonds is 4. The smallest absolute Gasteiger partial charge is 0.160 e. The Kier molecular flexibility index (Phi) is 4.96. The summed E-state index contributed by atoms with van der Waals surface area (Å²) in [6.07, 6.45) is 7.73. The summed E-state index contributed by atoms with van der Waals surface area (Å²) in [7, 11) is 1.79. The third kappa shape index (κ3) is 3.00. The van der Waals surface area contributed by atoms with Crippen molar-refractivity contribution >= 4 is 15.9 Å². The third-order valence-corrected chi connectivity index (χ3v) is 4.65. The molecule has 3 nitrogen and oxygen atoms in total. The van der Waals surface area contributed by atoms with Gasteiger partial charge in [0.1, 0.15) is 5.60 Å². The number of halogens is 1. The van der Waals surface area contributed by atoms with Crippen molar-refractivity contribution in [2.75, 3.05) is 7.11 Å². The lowest BCUT2D eigenvalue weighted by atomic mass is 9.83.